The van der Waals surface area contributed by atoms with E-state index in [1.807, 2.05) is 0 Å². The van der Waals surface area contributed by atoms with Gasteiger partial charge in [-0.3, -0.25) is 0 Å². The Bertz CT molecular complexity index is 2540. The van der Waals surface area contributed by atoms with Gasteiger partial charge in [0.1, 0.15) is 0 Å². The SMILES string of the molecule is CCC(C)(C)c1ccc(N(c2ccc(-c3ccc(N(c4ccc(C(C)(C)C)cc4)c4cccc5ccccc45)cc3)cc2)c2cccc3ccccc23)cc1. The fourth-order valence-corrected chi connectivity index (χ4v) is 7.64. The quantitative estimate of drug-likeness (QED) is 0.147. The maximum atomic E-state index is 2.39. The van der Waals surface area contributed by atoms with Crippen LogP contribution in [-0.4, -0.2) is 0 Å². The number of anilines is 6. The summed E-state index contributed by atoms with van der Waals surface area (Å²) in [5.41, 5.74) is 12.1. The normalized spacial score (nSPS) is 11.9. The number of hydrogen-bond acceptors (Lipinski definition) is 2. The second-order valence-electron chi connectivity index (χ2n) is 16.3. The van der Waals surface area contributed by atoms with Gasteiger partial charge < -0.3 is 9.80 Å². The summed E-state index contributed by atoms with van der Waals surface area (Å²) in [7, 11) is 0. The van der Waals surface area contributed by atoms with Crippen LogP contribution in [0.3, 0.4) is 0 Å². The van der Waals surface area contributed by atoms with Crippen LogP contribution < -0.4 is 9.80 Å². The zero-order valence-corrected chi connectivity index (χ0v) is 32.9. The lowest BCUT2D eigenvalue weighted by atomic mass is 9.82. The molecule has 2 nitrogen and oxygen atoms in total. The standard InChI is InChI=1S/C53H50N2/c1-7-53(5,6)43-28-36-47(37-29-43)55(51-21-13-17-41-15-9-11-19-49(41)51)45-32-24-39(25-33-45)38-22-30-44(31-23-38)54(46-34-26-42(27-35-46)52(2,3)4)50-20-12-16-40-14-8-10-18-48(40)50/h8-37H,7H2,1-6H3. The zero-order chi connectivity index (χ0) is 38.2. The summed E-state index contributed by atoms with van der Waals surface area (Å²) >= 11 is 0. The van der Waals surface area contributed by atoms with Gasteiger partial charge in [-0.05, 0) is 111 Å². The monoisotopic (exact) mass is 714 g/mol. The minimum absolute atomic E-state index is 0.0857. The molecule has 0 atom stereocenters. The molecule has 0 saturated carbocycles. The highest BCUT2D eigenvalue weighted by molar-refractivity contribution is 6.00. The first-order valence-electron chi connectivity index (χ1n) is 19.6. The molecule has 0 aliphatic heterocycles. The average molecular weight is 715 g/mol. The van der Waals surface area contributed by atoms with Gasteiger partial charge in [0, 0.05) is 33.5 Å². The van der Waals surface area contributed by atoms with Gasteiger partial charge in [0.25, 0.3) is 0 Å². The van der Waals surface area contributed by atoms with Crippen molar-refractivity contribution in [1.29, 1.82) is 0 Å². The maximum absolute atomic E-state index is 2.39. The molecule has 0 heterocycles. The lowest BCUT2D eigenvalue weighted by Crippen LogP contribution is -2.16. The summed E-state index contributed by atoms with van der Waals surface area (Å²) in [5, 5.41) is 4.91. The van der Waals surface area contributed by atoms with E-state index in [1.165, 1.54) is 55.2 Å². The Labute approximate surface area is 327 Å². The summed E-state index contributed by atoms with van der Waals surface area (Å²) in [6, 6.07) is 66.7. The molecule has 8 aromatic rings. The summed E-state index contributed by atoms with van der Waals surface area (Å²) < 4.78 is 0. The van der Waals surface area contributed by atoms with Crippen LogP contribution in [0.25, 0.3) is 32.7 Å². The number of benzene rings is 8. The van der Waals surface area contributed by atoms with Crippen LogP contribution in [-0.2, 0) is 10.8 Å². The van der Waals surface area contributed by atoms with E-state index >= 15 is 0 Å². The van der Waals surface area contributed by atoms with E-state index in [-0.39, 0.29) is 10.8 Å². The van der Waals surface area contributed by atoms with Crippen LogP contribution in [0.2, 0.25) is 0 Å². The van der Waals surface area contributed by atoms with Crippen molar-refractivity contribution in [2.45, 2.75) is 58.8 Å². The van der Waals surface area contributed by atoms with Crippen molar-refractivity contribution in [2.24, 2.45) is 0 Å². The molecule has 0 bridgehead atoms. The Morgan fingerprint density at radius 1 is 0.364 bits per heavy atom. The molecule has 272 valence electrons. The van der Waals surface area contributed by atoms with E-state index in [0.29, 0.717) is 0 Å². The van der Waals surface area contributed by atoms with E-state index in [1.54, 1.807) is 0 Å². The molecule has 0 aliphatic carbocycles. The average Bonchev–Trinajstić information content (AvgIpc) is 3.22. The minimum atomic E-state index is 0.0857. The Hall–Kier alpha value is -6.12. The second-order valence-corrected chi connectivity index (χ2v) is 16.3. The molecule has 0 aromatic heterocycles. The molecule has 0 radical (unpaired) electrons. The lowest BCUT2D eigenvalue weighted by molar-refractivity contribution is 0.506. The summed E-state index contributed by atoms with van der Waals surface area (Å²) in [5.74, 6) is 0. The van der Waals surface area contributed by atoms with Gasteiger partial charge in [-0.1, -0.05) is 163 Å². The highest BCUT2D eigenvalue weighted by atomic mass is 15.1. The molecule has 0 N–H and O–H groups in total. The summed E-state index contributed by atoms with van der Waals surface area (Å²) in [4.78, 5) is 4.78. The van der Waals surface area contributed by atoms with Gasteiger partial charge in [-0.25, -0.2) is 0 Å². The third-order valence-electron chi connectivity index (χ3n) is 11.4. The molecule has 8 aromatic carbocycles. The molecule has 0 amide bonds. The molecular formula is C53H50N2. The van der Waals surface area contributed by atoms with Crippen LogP contribution in [0.15, 0.2) is 182 Å². The molecule has 2 heteroatoms. The fraction of sp³-hybridized carbons (Fsp3) is 0.170. The zero-order valence-electron chi connectivity index (χ0n) is 32.9. The van der Waals surface area contributed by atoms with Crippen molar-refractivity contribution >= 4 is 55.7 Å². The number of rotatable bonds is 9. The van der Waals surface area contributed by atoms with Crippen LogP contribution in [0.5, 0.6) is 0 Å². The van der Waals surface area contributed by atoms with Crippen molar-refractivity contribution in [3.63, 3.8) is 0 Å². The molecule has 0 unspecified atom stereocenters. The molecule has 0 aliphatic rings. The topological polar surface area (TPSA) is 6.48 Å². The van der Waals surface area contributed by atoms with E-state index in [9.17, 15) is 0 Å². The number of hydrogen-bond donors (Lipinski definition) is 0. The van der Waals surface area contributed by atoms with Crippen LogP contribution >= 0.6 is 0 Å². The van der Waals surface area contributed by atoms with Crippen molar-refractivity contribution in [3.8, 4) is 11.1 Å². The van der Waals surface area contributed by atoms with Crippen LogP contribution in [0.1, 0.15) is 59.1 Å². The van der Waals surface area contributed by atoms with Gasteiger partial charge in [0.15, 0.2) is 0 Å². The molecule has 55 heavy (non-hydrogen) atoms. The molecule has 0 saturated heterocycles. The largest absolute Gasteiger partial charge is 0.310 e. The Balaban J connectivity index is 1.16. The van der Waals surface area contributed by atoms with Gasteiger partial charge in [-0.15, -0.1) is 0 Å². The highest BCUT2D eigenvalue weighted by Gasteiger charge is 2.21. The van der Waals surface area contributed by atoms with Crippen LogP contribution in [0, 0.1) is 0 Å². The van der Waals surface area contributed by atoms with Gasteiger partial charge in [0.05, 0.1) is 11.4 Å². The van der Waals surface area contributed by atoms with Crippen molar-refractivity contribution in [1.82, 2.24) is 0 Å². The van der Waals surface area contributed by atoms with Crippen molar-refractivity contribution in [2.75, 3.05) is 9.80 Å². The van der Waals surface area contributed by atoms with Crippen LogP contribution in [0.4, 0.5) is 34.1 Å². The van der Waals surface area contributed by atoms with Gasteiger partial charge in [-0.2, -0.15) is 0 Å². The predicted octanol–water partition coefficient (Wildman–Crippen LogP) is 15.6. The van der Waals surface area contributed by atoms with E-state index in [2.05, 4.69) is 233 Å². The van der Waals surface area contributed by atoms with Crippen molar-refractivity contribution in [3.05, 3.63) is 193 Å². The third kappa shape index (κ3) is 7.13. The first-order chi connectivity index (χ1) is 26.6. The Kier molecular flexibility index (Phi) is 9.53. The number of nitrogens with zero attached hydrogens (tertiary/aromatic N) is 2. The molecule has 0 fully saturated rings. The van der Waals surface area contributed by atoms with Gasteiger partial charge >= 0.3 is 0 Å². The van der Waals surface area contributed by atoms with E-state index in [0.717, 1.165) is 29.2 Å². The minimum Gasteiger partial charge on any atom is -0.310 e. The fourth-order valence-electron chi connectivity index (χ4n) is 7.64. The number of fused-ring (bicyclic) bond motifs is 2. The smallest absolute Gasteiger partial charge is 0.0540 e. The van der Waals surface area contributed by atoms with Gasteiger partial charge in [0.2, 0.25) is 0 Å². The molecule has 0 spiro atoms. The highest BCUT2D eigenvalue weighted by Crippen LogP contribution is 2.42. The lowest BCUT2D eigenvalue weighted by Gasteiger charge is -2.29. The summed E-state index contributed by atoms with van der Waals surface area (Å²) in [6.45, 7) is 13.7. The molecular weight excluding hydrogens is 665 g/mol. The predicted molar refractivity (Wildman–Crippen MR) is 238 cm³/mol. The Morgan fingerprint density at radius 2 is 0.709 bits per heavy atom. The second kappa shape index (κ2) is 14.6. The van der Waals surface area contributed by atoms with E-state index < -0.39 is 0 Å². The maximum Gasteiger partial charge on any atom is 0.0540 e. The first-order valence-corrected chi connectivity index (χ1v) is 19.6. The molecule has 8 rings (SSSR count). The first kappa shape index (κ1) is 35.9. The Morgan fingerprint density at radius 3 is 1.09 bits per heavy atom. The van der Waals surface area contributed by atoms with E-state index in [4.69, 9.17) is 0 Å². The van der Waals surface area contributed by atoms with Crippen molar-refractivity contribution < 1.29 is 0 Å². The third-order valence-corrected chi connectivity index (χ3v) is 11.4. The summed E-state index contributed by atoms with van der Waals surface area (Å²) in [6.07, 6.45) is 1.09.